The highest BCUT2D eigenvalue weighted by Gasteiger charge is 2.56. The number of β-lactam (4-membered cyclic amide) rings is 1. The van der Waals surface area contributed by atoms with Gasteiger partial charge in [0, 0.05) is 42.2 Å². The lowest BCUT2D eigenvalue weighted by Gasteiger charge is -2.50. The van der Waals surface area contributed by atoms with Crippen molar-refractivity contribution < 1.29 is 66.5 Å². The van der Waals surface area contributed by atoms with Crippen LogP contribution in [0.4, 0.5) is 9.93 Å². The van der Waals surface area contributed by atoms with Crippen molar-refractivity contribution in [2.45, 2.75) is 136 Å². The number of thiazole rings is 1. The summed E-state index contributed by atoms with van der Waals surface area (Å²) in [6.07, 6.45) is -0.0431. The van der Waals surface area contributed by atoms with Gasteiger partial charge in [0.2, 0.25) is 11.0 Å². The zero-order valence-corrected chi connectivity index (χ0v) is 56.3. The highest BCUT2D eigenvalue weighted by Crippen LogP contribution is 2.44. The SMILES string of the molecule is CCn1nc(C[N+]2(CC3=C(C(=O)OC(c4ccccc4)c4ccccc4)N4C(=O)[C@@H](NC(=O)C(=NOC(C)(C)C(=O)OC(C)(C)C)c5csc(NC(=O)OC(C)(C)C)n5)[C@H]4SC3)CCCC2)c(=O)c2cc(OCc3ccc(OC)cc3)c(OCc3ccc(OC)cc3)cc21. The Kier molecular flexibility index (Phi) is 20.5. The van der Waals surface area contributed by atoms with Crippen LogP contribution in [-0.4, -0.2) is 128 Å². The molecular weight excluding hydrogens is 1240 g/mol. The van der Waals surface area contributed by atoms with Crippen LogP contribution in [-0.2, 0) is 64.5 Å². The molecule has 22 nitrogen and oxygen atoms in total. The summed E-state index contributed by atoms with van der Waals surface area (Å²) in [5.74, 6) is -0.623. The number of oxime groups is 1. The number of ether oxygens (including phenoxy) is 7. The van der Waals surface area contributed by atoms with Gasteiger partial charge >= 0.3 is 18.0 Å². The molecule has 494 valence electrons. The molecule has 24 heteroatoms. The highest BCUT2D eigenvalue weighted by molar-refractivity contribution is 8.00. The minimum atomic E-state index is -1.72. The molecule has 0 aliphatic carbocycles. The van der Waals surface area contributed by atoms with Gasteiger partial charge in [0.15, 0.2) is 34.1 Å². The smallest absolute Gasteiger partial charge is 0.413 e. The molecule has 0 radical (unpaired) electrons. The molecule has 2 fully saturated rings. The lowest BCUT2D eigenvalue weighted by atomic mass is 10.00. The number of esters is 2. The molecule has 5 heterocycles. The third-order valence-electron chi connectivity index (χ3n) is 15.8. The second-order valence-electron chi connectivity index (χ2n) is 25.6. The van der Waals surface area contributed by atoms with Gasteiger partial charge in [-0.3, -0.25) is 29.3 Å². The maximum absolute atomic E-state index is 15.5. The quantitative estimate of drug-likeness (QED) is 0.0143. The second-order valence-corrected chi connectivity index (χ2v) is 27.6. The fourth-order valence-electron chi connectivity index (χ4n) is 11.2. The third-order valence-corrected chi connectivity index (χ3v) is 17.9. The minimum Gasteiger partial charge on any atom is -0.497 e. The Morgan fingerprint density at radius 2 is 1.32 bits per heavy atom. The number of quaternary nitrogens is 1. The van der Waals surface area contributed by atoms with E-state index in [1.807, 2.05) is 116 Å². The first kappa shape index (κ1) is 67.6. The van der Waals surface area contributed by atoms with Gasteiger partial charge in [0.05, 0.1) is 38.2 Å². The van der Waals surface area contributed by atoms with Crippen molar-refractivity contribution in [3.8, 4) is 23.0 Å². The number of anilines is 1. The summed E-state index contributed by atoms with van der Waals surface area (Å²) in [6, 6.07) is 36.0. The number of rotatable bonds is 24. The molecule has 94 heavy (non-hydrogen) atoms. The van der Waals surface area contributed by atoms with Crippen LogP contribution in [0.1, 0.15) is 115 Å². The normalized spacial score (nSPS) is 16.4. The van der Waals surface area contributed by atoms with E-state index in [2.05, 4.69) is 20.8 Å². The fraction of sp³-hybridized carbons (Fsp3) is 0.386. The topological polar surface area (TPSA) is 247 Å². The molecule has 3 aliphatic rings. The highest BCUT2D eigenvalue weighted by atomic mass is 32.2. The molecule has 0 unspecified atom stereocenters. The molecule has 10 rings (SSSR count). The van der Waals surface area contributed by atoms with Gasteiger partial charge in [-0.05, 0) is 115 Å². The zero-order chi connectivity index (χ0) is 67.1. The number of benzene rings is 5. The lowest BCUT2D eigenvalue weighted by Crippen LogP contribution is -2.71. The van der Waals surface area contributed by atoms with E-state index in [0.717, 1.165) is 35.3 Å². The van der Waals surface area contributed by atoms with Crippen molar-refractivity contribution in [3.05, 3.63) is 182 Å². The summed E-state index contributed by atoms with van der Waals surface area (Å²) in [5.41, 5.74) is 0.473. The summed E-state index contributed by atoms with van der Waals surface area (Å²) >= 11 is 2.33. The number of aromatic nitrogens is 3. The van der Waals surface area contributed by atoms with Gasteiger partial charge in [-0.2, -0.15) is 5.10 Å². The molecule has 3 aliphatic heterocycles. The zero-order valence-electron chi connectivity index (χ0n) is 54.6. The standard InChI is InChI=1S/C70H78N8O14S2/c1-12-76-53-36-55(88-40-44-27-31-49(86-11)32-28-44)54(87-39-43-25-29-48(85-10)30-26-43)35-50(53)59(79)51(74-76)38-78(33-19-20-34-78)37-47-41-93-63-57(62(81)77(63)58(47)64(82)89-60(45-21-15-13-16-22-45)46-23-17-14-18-24-46)72-61(80)56(75-92-70(8,9)65(83)90-68(2,3)4)52-42-94-66(71-52)73-67(84)91-69(5,6)7/h13-18,21-32,35-36,42,57,60,63H,12,19-20,33-34,37-41H2,1-11H3,(H-,71,72,73,80,84)/p+1/t57-,63-/m1/s1. The Balaban J connectivity index is 0.992. The van der Waals surface area contributed by atoms with E-state index in [-0.39, 0.29) is 54.0 Å². The first-order chi connectivity index (χ1) is 44.8. The number of methoxy groups -OCH3 is 2. The molecule has 0 bridgehead atoms. The number of fused-ring (bicyclic) bond motifs is 2. The molecule has 2 saturated heterocycles. The number of hydrogen-bond donors (Lipinski definition) is 2. The van der Waals surface area contributed by atoms with E-state index in [0.29, 0.717) is 80.4 Å². The number of nitrogens with zero attached hydrogens (tertiary/aromatic N) is 6. The van der Waals surface area contributed by atoms with Crippen LogP contribution in [0.15, 0.2) is 148 Å². The van der Waals surface area contributed by atoms with Crippen LogP contribution in [0.2, 0.25) is 0 Å². The second kappa shape index (κ2) is 28.5. The summed E-state index contributed by atoms with van der Waals surface area (Å²) < 4.78 is 43.5. The maximum Gasteiger partial charge on any atom is 0.413 e. The molecule has 2 N–H and O–H groups in total. The number of hydrogen-bond acceptors (Lipinski definition) is 19. The molecule has 3 amide bonds. The van der Waals surface area contributed by atoms with Crippen molar-refractivity contribution in [3.63, 3.8) is 0 Å². The Labute approximate surface area is 554 Å². The predicted molar refractivity (Wildman–Crippen MR) is 357 cm³/mol. The Hall–Kier alpha value is -9.26. The number of likely N-dealkylation sites (tertiary alicyclic amines) is 1. The first-order valence-corrected chi connectivity index (χ1v) is 32.9. The summed E-state index contributed by atoms with van der Waals surface area (Å²) in [5, 5.41) is 15.7. The van der Waals surface area contributed by atoms with E-state index < -0.39 is 69.9 Å². The lowest BCUT2D eigenvalue weighted by molar-refractivity contribution is -0.925. The molecule has 5 aromatic carbocycles. The van der Waals surface area contributed by atoms with Gasteiger partial charge in [-0.15, -0.1) is 23.1 Å². The molecule has 7 aromatic rings. The number of nitrogens with one attached hydrogen (secondary N) is 2. The predicted octanol–water partition coefficient (Wildman–Crippen LogP) is 11.0. The van der Waals surface area contributed by atoms with Crippen molar-refractivity contribution in [2.75, 3.05) is 44.9 Å². The van der Waals surface area contributed by atoms with E-state index >= 15 is 14.4 Å². The average molecular weight is 1320 g/mol. The molecule has 0 spiro atoms. The van der Waals surface area contributed by atoms with Crippen molar-refractivity contribution in [1.29, 1.82) is 0 Å². The van der Waals surface area contributed by atoms with Crippen LogP contribution < -0.4 is 35.0 Å². The van der Waals surface area contributed by atoms with Crippen LogP contribution in [0.25, 0.3) is 10.9 Å². The molecule has 0 saturated carbocycles. The van der Waals surface area contributed by atoms with Crippen LogP contribution in [0, 0.1) is 0 Å². The summed E-state index contributed by atoms with van der Waals surface area (Å²) in [4.78, 5) is 98.4. The minimum absolute atomic E-state index is 0.0347. The Morgan fingerprint density at radius 3 is 1.87 bits per heavy atom. The van der Waals surface area contributed by atoms with Crippen molar-refractivity contribution >= 4 is 74.7 Å². The molecule has 2 atom stereocenters. The summed E-state index contributed by atoms with van der Waals surface area (Å²) in [6.45, 7) is 17.5. The maximum atomic E-state index is 15.5. The van der Waals surface area contributed by atoms with E-state index in [4.69, 9.17) is 43.1 Å². The van der Waals surface area contributed by atoms with E-state index in [1.54, 1.807) is 72.6 Å². The van der Waals surface area contributed by atoms with Crippen molar-refractivity contribution in [2.24, 2.45) is 5.16 Å². The fourth-order valence-corrected chi connectivity index (χ4v) is 13.2. The summed E-state index contributed by atoms with van der Waals surface area (Å²) in [7, 11) is 3.22. The Morgan fingerprint density at radius 1 is 0.745 bits per heavy atom. The van der Waals surface area contributed by atoms with Gasteiger partial charge in [-0.25, -0.2) is 19.4 Å². The Bertz CT molecular complexity index is 4000. The van der Waals surface area contributed by atoms with Crippen LogP contribution in [0.5, 0.6) is 23.0 Å². The van der Waals surface area contributed by atoms with Crippen LogP contribution >= 0.6 is 23.1 Å². The number of thioether (sulfide) groups is 1. The largest absolute Gasteiger partial charge is 0.497 e. The molecular formula is C70H79N8O14S2+. The van der Waals surface area contributed by atoms with Gasteiger partial charge in [0.25, 0.3) is 11.8 Å². The average Bonchev–Trinajstić information content (AvgIpc) is 0.807. The van der Waals surface area contributed by atoms with Gasteiger partial charge in [0.1, 0.15) is 71.8 Å². The van der Waals surface area contributed by atoms with E-state index in [1.165, 1.54) is 35.9 Å². The first-order valence-electron chi connectivity index (χ1n) is 31.0. The van der Waals surface area contributed by atoms with Gasteiger partial charge < -0.3 is 47.8 Å². The number of amides is 3. The van der Waals surface area contributed by atoms with Crippen molar-refractivity contribution in [1.82, 2.24) is 25.0 Å². The number of carbonyl (C=O) groups is 5. The third kappa shape index (κ3) is 16.0. The number of carbonyl (C=O) groups excluding carboxylic acids is 5. The van der Waals surface area contributed by atoms with Gasteiger partial charge in [-0.1, -0.05) is 90.1 Å². The number of aryl methyl sites for hydroxylation is 1. The molecule has 2 aromatic heterocycles. The van der Waals surface area contributed by atoms with Crippen LogP contribution in [0.3, 0.4) is 0 Å². The monoisotopic (exact) mass is 1320 g/mol. The van der Waals surface area contributed by atoms with E-state index in [9.17, 15) is 14.4 Å².